The Morgan fingerprint density at radius 2 is 1.92 bits per heavy atom. The number of halogens is 1. The van der Waals surface area contributed by atoms with Gasteiger partial charge in [0.25, 0.3) is 0 Å². The van der Waals surface area contributed by atoms with E-state index in [-0.39, 0.29) is 0 Å². The van der Waals surface area contributed by atoms with Gasteiger partial charge in [-0.05, 0) is 51.2 Å². The van der Waals surface area contributed by atoms with E-state index < -0.39 is 0 Å². The maximum atomic E-state index is 6.25. The van der Waals surface area contributed by atoms with Crippen molar-refractivity contribution in [2.45, 2.75) is 40.0 Å². The smallest absolute Gasteiger partial charge is 0.0466 e. The van der Waals surface area contributed by atoms with E-state index in [0.717, 1.165) is 17.9 Å². The third-order valence-corrected chi connectivity index (χ3v) is 3.04. The van der Waals surface area contributed by atoms with Crippen molar-refractivity contribution in [3.05, 3.63) is 33.9 Å². The Morgan fingerprint density at radius 1 is 1.31 bits per heavy atom. The Balaban J connectivity index is 3.13. The summed E-state index contributed by atoms with van der Waals surface area (Å²) in [6.45, 7) is 10.3. The lowest BCUT2D eigenvalue weighted by Gasteiger charge is -2.20. The van der Waals surface area contributed by atoms with Gasteiger partial charge >= 0.3 is 0 Å². The predicted molar refractivity (Wildman–Crippen MR) is 59.9 cm³/mol. The average Bonchev–Trinajstić information content (AvgIpc) is 2.03. The van der Waals surface area contributed by atoms with E-state index in [9.17, 15) is 0 Å². The largest absolute Gasteiger partial charge is 0.0952 e. The van der Waals surface area contributed by atoms with Crippen LogP contribution in [0.2, 0.25) is 0 Å². The summed E-state index contributed by atoms with van der Waals surface area (Å²) in [7, 11) is 0. The number of hydrogen-bond donors (Lipinski definition) is 0. The van der Waals surface area contributed by atoms with E-state index in [1.807, 2.05) is 13.8 Å². The molecule has 0 saturated carbocycles. The molecule has 1 rings (SSSR count). The first-order valence-electron chi connectivity index (χ1n) is 4.75. The monoisotopic (exact) mass is 196 g/mol. The molecule has 0 heterocycles. The van der Waals surface area contributed by atoms with E-state index >= 15 is 0 Å². The summed E-state index contributed by atoms with van der Waals surface area (Å²) in [6, 6.07) is 0. The standard InChI is InChI=1S/C12H17Cl/c1-8(2)12(13)11-9(3)6-5-7-10(11)4/h3,5-7H2,1-2,4H3. The van der Waals surface area contributed by atoms with Crippen molar-refractivity contribution < 1.29 is 0 Å². The molecule has 0 aromatic heterocycles. The van der Waals surface area contributed by atoms with Crippen molar-refractivity contribution in [3.8, 4) is 0 Å². The molecule has 0 aromatic rings. The zero-order valence-electron chi connectivity index (χ0n) is 8.71. The van der Waals surface area contributed by atoms with Crippen LogP contribution in [-0.4, -0.2) is 0 Å². The van der Waals surface area contributed by atoms with Crippen molar-refractivity contribution in [1.29, 1.82) is 0 Å². The first-order valence-corrected chi connectivity index (χ1v) is 5.13. The van der Waals surface area contributed by atoms with E-state index in [1.165, 1.54) is 28.7 Å². The second-order valence-corrected chi connectivity index (χ2v) is 4.30. The highest BCUT2D eigenvalue weighted by atomic mass is 35.5. The van der Waals surface area contributed by atoms with Gasteiger partial charge in [0, 0.05) is 5.03 Å². The average molecular weight is 197 g/mol. The minimum Gasteiger partial charge on any atom is -0.0952 e. The van der Waals surface area contributed by atoms with Gasteiger partial charge in [0.05, 0.1) is 0 Å². The fourth-order valence-corrected chi connectivity index (χ4v) is 2.01. The number of rotatable bonds is 1. The zero-order chi connectivity index (χ0) is 10.0. The molecule has 0 nitrogen and oxygen atoms in total. The lowest BCUT2D eigenvalue weighted by atomic mass is 9.88. The summed E-state index contributed by atoms with van der Waals surface area (Å²) >= 11 is 6.25. The lowest BCUT2D eigenvalue weighted by Crippen LogP contribution is -2.01. The van der Waals surface area contributed by atoms with Crippen LogP contribution >= 0.6 is 11.6 Å². The highest BCUT2D eigenvalue weighted by molar-refractivity contribution is 6.32. The third-order valence-electron chi connectivity index (χ3n) is 2.47. The molecule has 0 saturated heterocycles. The normalized spacial score (nSPS) is 17.7. The SMILES string of the molecule is C=C1CCCC(C)=C1C(Cl)=C(C)C. The molecule has 0 spiro atoms. The highest BCUT2D eigenvalue weighted by Crippen LogP contribution is 2.35. The van der Waals surface area contributed by atoms with Crippen molar-refractivity contribution in [2.75, 3.05) is 0 Å². The summed E-state index contributed by atoms with van der Waals surface area (Å²) in [5.41, 5.74) is 4.99. The minimum atomic E-state index is 0.905. The molecule has 0 atom stereocenters. The molecule has 0 bridgehead atoms. The van der Waals surface area contributed by atoms with Crippen LogP contribution in [0.3, 0.4) is 0 Å². The first kappa shape index (κ1) is 10.6. The quantitative estimate of drug-likeness (QED) is 0.576. The summed E-state index contributed by atoms with van der Waals surface area (Å²) in [6.07, 6.45) is 3.48. The number of hydrogen-bond acceptors (Lipinski definition) is 0. The second kappa shape index (κ2) is 4.15. The molecule has 1 aliphatic rings. The number of allylic oxidation sites excluding steroid dienone is 5. The molecular weight excluding hydrogens is 180 g/mol. The van der Waals surface area contributed by atoms with Crippen LogP contribution in [0.4, 0.5) is 0 Å². The van der Waals surface area contributed by atoms with Crippen LogP contribution in [0.25, 0.3) is 0 Å². The topological polar surface area (TPSA) is 0 Å². The van der Waals surface area contributed by atoms with Gasteiger partial charge in [0.15, 0.2) is 0 Å². The molecule has 0 radical (unpaired) electrons. The van der Waals surface area contributed by atoms with Gasteiger partial charge in [-0.1, -0.05) is 29.3 Å². The summed E-state index contributed by atoms with van der Waals surface area (Å²) in [5.74, 6) is 0. The molecule has 0 aliphatic heterocycles. The molecule has 1 aliphatic carbocycles. The Labute approximate surface area is 86.0 Å². The third kappa shape index (κ3) is 2.25. The van der Waals surface area contributed by atoms with E-state index in [1.54, 1.807) is 0 Å². The maximum Gasteiger partial charge on any atom is 0.0466 e. The lowest BCUT2D eigenvalue weighted by molar-refractivity contribution is 0.771. The van der Waals surface area contributed by atoms with Gasteiger partial charge < -0.3 is 0 Å². The molecule has 13 heavy (non-hydrogen) atoms. The summed E-state index contributed by atoms with van der Waals surface area (Å²) < 4.78 is 0. The second-order valence-electron chi connectivity index (χ2n) is 3.93. The van der Waals surface area contributed by atoms with Gasteiger partial charge in [-0.25, -0.2) is 0 Å². The van der Waals surface area contributed by atoms with E-state index in [0.29, 0.717) is 0 Å². The van der Waals surface area contributed by atoms with Gasteiger partial charge in [-0.15, -0.1) is 0 Å². The fraction of sp³-hybridized carbons (Fsp3) is 0.500. The summed E-state index contributed by atoms with van der Waals surface area (Å²) in [5, 5.41) is 0.905. The molecule has 0 fully saturated rings. The Kier molecular flexibility index (Phi) is 3.38. The van der Waals surface area contributed by atoms with Crippen LogP contribution in [-0.2, 0) is 0 Å². The van der Waals surface area contributed by atoms with Gasteiger partial charge in [0.1, 0.15) is 0 Å². The Hall–Kier alpha value is -0.490. The van der Waals surface area contributed by atoms with Crippen molar-refractivity contribution in [2.24, 2.45) is 0 Å². The minimum absolute atomic E-state index is 0.905. The molecule has 72 valence electrons. The van der Waals surface area contributed by atoms with Gasteiger partial charge in [-0.2, -0.15) is 0 Å². The van der Waals surface area contributed by atoms with E-state index in [2.05, 4.69) is 13.5 Å². The van der Waals surface area contributed by atoms with Gasteiger partial charge in [-0.3, -0.25) is 0 Å². The molecule has 0 aromatic carbocycles. The zero-order valence-corrected chi connectivity index (χ0v) is 9.46. The van der Waals surface area contributed by atoms with E-state index in [4.69, 9.17) is 11.6 Å². The van der Waals surface area contributed by atoms with Gasteiger partial charge in [0.2, 0.25) is 0 Å². The predicted octanol–water partition coefficient (Wildman–Crippen LogP) is 4.58. The first-order chi connectivity index (χ1) is 6.04. The molecule has 0 amide bonds. The van der Waals surface area contributed by atoms with Crippen LogP contribution in [0.15, 0.2) is 33.9 Å². The highest BCUT2D eigenvalue weighted by Gasteiger charge is 2.16. The molecule has 0 unspecified atom stereocenters. The summed E-state index contributed by atoms with van der Waals surface area (Å²) in [4.78, 5) is 0. The van der Waals surface area contributed by atoms with Crippen LogP contribution in [0, 0.1) is 0 Å². The molecule has 1 heteroatoms. The van der Waals surface area contributed by atoms with Crippen LogP contribution in [0.5, 0.6) is 0 Å². The molecular formula is C12H17Cl. The van der Waals surface area contributed by atoms with Crippen molar-refractivity contribution >= 4 is 11.6 Å². The van der Waals surface area contributed by atoms with Crippen LogP contribution < -0.4 is 0 Å². The van der Waals surface area contributed by atoms with Crippen molar-refractivity contribution in [1.82, 2.24) is 0 Å². The Morgan fingerprint density at radius 3 is 2.38 bits per heavy atom. The van der Waals surface area contributed by atoms with Crippen LogP contribution in [0.1, 0.15) is 40.0 Å². The molecule has 0 N–H and O–H groups in total. The van der Waals surface area contributed by atoms with Crippen molar-refractivity contribution in [3.63, 3.8) is 0 Å². The fourth-order valence-electron chi connectivity index (χ4n) is 1.71. The maximum absolute atomic E-state index is 6.25. The Bertz CT molecular complexity index is 288.